The molecular weight excluding hydrogens is 303 g/mol. The van der Waals surface area contributed by atoms with Crippen molar-refractivity contribution in [3.05, 3.63) is 52.6 Å². The summed E-state index contributed by atoms with van der Waals surface area (Å²) < 4.78 is 18.6. The average molecular weight is 318 g/mol. The van der Waals surface area contributed by atoms with Gasteiger partial charge in [-0.15, -0.1) is 0 Å². The predicted molar refractivity (Wildman–Crippen MR) is 78.9 cm³/mol. The highest BCUT2D eigenvalue weighted by Gasteiger charge is 2.69. The number of fused-ring (bicyclic) bond motifs is 1. The van der Waals surface area contributed by atoms with Gasteiger partial charge in [0.15, 0.2) is 5.76 Å². The normalized spacial score (nSPS) is 25.8. The zero-order valence-corrected chi connectivity index (χ0v) is 12.6. The van der Waals surface area contributed by atoms with Crippen molar-refractivity contribution in [2.75, 3.05) is 0 Å². The van der Waals surface area contributed by atoms with E-state index in [1.807, 2.05) is 0 Å². The third kappa shape index (κ3) is 1.98. The molecule has 1 unspecified atom stereocenters. The minimum atomic E-state index is -1.58. The number of epoxide rings is 1. The van der Waals surface area contributed by atoms with Crippen LogP contribution in [-0.4, -0.2) is 27.8 Å². The molecular formula is C17H15FO5. The molecule has 120 valence electrons. The van der Waals surface area contributed by atoms with Gasteiger partial charge in [-0.1, -0.05) is 26.0 Å². The molecule has 1 aromatic rings. The van der Waals surface area contributed by atoms with Gasteiger partial charge in [0.1, 0.15) is 5.82 Å². The Morgan fingerprint density at radius 2 is 1.87 bits per heavy atom. The molecule has 23 heavy (non-hydrogen) atoms. The molecule has 0 bridgehead atoms. The zero-order valence-electron chi connectivity index (χ0n) is 12.6. The Hall–Kier alpha value is -2.63. The predicted octanol–water partition coefficient (Wildman–Crippen LogP) is 2.83. The summed E-state index contributed by atoms with van der Waals surface area (Å²) in [5.74, 6) is -3.35. The third-order valence-electron chi connectivity index (χ3n) is 4.48. The maximum absolute atomic E-state index is 13.2. The molecule has 1 aliphatic heterocycles. The Labute approximate surface area is 131 Å². The second-order valence-electron chi connectivity index (χ2n) is 5.63. The van der Waals surface area contributed by atoms with Gasteiger partial charge in [0.2, 0.25) is 0 Å². The van der Waals surface area contributed by atoms with Crippen LogP contribution in [0.4, 0.5) is 4.39 Å². The van der Waals surface area contributed by atoms with Gasteiger partial charge >= 0.3 is 11.9 Å². The van der Waals surface area contributed by atoms with Crippen LogP contribution >= 0.6 is 0 Å². The second kappa shape index (κ2) is 4.94. The summed E-state index contributed by atoms with van der Waals surface area (Å²) in [6.07, 6.45) is 0.417. The molecule has 5 nitrogen and oxygen atoms in total. The molecule has 2 atom stereocenters. The monoisotopic (exact) mass is 318 g/mol. The van der Waals surface area contributed by atoms with Gasteiger partial charge in [-0.05, 0) is 29.7 Å². The summed E-state index contributed by atoms with van der Waals surface area (Å²) in [7, 11) is 0. The van der Waals surface area contributed by atoms with Gasteiger partial charge in [0.05, 0.1) is 5.57 Å². The molecule has 1 fully saturated rings. The van der Waals surface area contributed by atoms with Gasteiger partial charge in [0.25, 0.3) is 5.60 Å². The van der Waals surface area contributed by atoms with Crippen molar-refractivity contribution >= 4 is 17.5 Å². The summed E-state index contributed by atoms with van der Waals surface area (Å²) in [5.41, 5.74) is -0.0826. The highest BCUT2D eigenvalue weighted by atomic mass is 19.1. The van der Waals surface area contributed by atoms with Crippen LogP contribution in [0.3, 0.4) is 0 Å². The molecule has 2 aliphatic rings. The molecule has 6 heteroatoms. The largest absolute Gasteiger partial charge is 0.478 e. The Morgan fingerprint density at radius 3 is 2.35 bits per heavy atom. The molecule has 0 spiro atoms. The Balaban J connectivity index is 2.27. The number of hydrogen-bond acceptors (Lipinski definition) is 3. The van der Waals surface area contributed by atoms with Crippen molar-refractivity contribution < 1.29 is 28.9 Å². The molecule has 0 saturated carbocycles. The molecule has 1 aliphatic carbocycles. The van der Waals surface area contributed by atoms with Crippen molar-refractivity contribution in [1.82, 2.24) is 0 Å². The fourth-order valence-corrected chi connectivity index (χ4v) is 3.30. The van der Waals surface area contributed by atoms with Gasteiger partial charge in [-0.25, -0.2) is 14.0 Å². The highest BCUT2D eigenvalue weighted by molar-refractivity contribution is 6.06. The standard InChI is InChI=1S/C17H15FO5/c1-3-11-13(9-4-6-10(18)7-5-9)12(15(19)20)8(2)17(16(21)22)14(11)23-17/h4-8H,3H2,1-2H3,(H,19,20)(H,21,22)/t8?,17-/m0/s1. The number of carbonyl (C=O) groups is 2. The zero-order chi connectivity index (χ0) is 16.9. The van der Waals surface area contributed by atoms with Crippen molar-refractivity contribution in [3.8, 4) is 0 Å². The Kier molecular flexibility index (Phi) is 3.28. The van der Waals surface area contributed by atoms with E-state index in [4.69, 9.17) is 4.74 Å². The molecule has 1 saturated heterocycles. The van der Waals surface area contributed by atoms with Crippen LogP contribution in [0.1, 0.15) is 25.8 Å². The maximum atomic E-state index is 13.2. The first-order valence-electron chi connectivity index (χ1n) is 7.24. The SMILES string of the molecule is CCC1=C2O[C@@]2(C(=O)O)C(C)C(C(=O)O)=C1c1ccc(F)cc1. The van der Waals surface area contributed by atoms with Crippen LogP contribution in [0.25, 0.3) is 5.57 Å². The lowest BCUT2D eigenvalue weighted by Gasteiger charge is -2.24. The van der Waals surface area contributed by atoms with E-state index in [1.165, 1.54) is 31.2 Å². The van der Waals surface area contributed by atoms with Crippen LogP contribution in [0.5, 0.6) is 0 Å². The van der Waals surface area contributed by atoms with Crippen molar-refractivity contribution in [2.45, 2.75) is 25.9 Å². The van der Waals surface area contributed by atoms with Gasteiger partial charge < -0.3 is 14.9 Å². The van der Waals surface area contributed by atoms with Crippen LogP contribution in [0.2, 0.25) is 0 Å². The molecule has 1 heterocycles. The van der Waals surface area contributed by atoms with Gasteiger partial charge in [-0.3, -0.25) is 0 Å². The topological polar surface area (TPSA) is 87.1 Å². The molecule has 0 radical (unpaired) electrons. The van der Waals surface area contributed by atoms with Crippen molar-refractivity contribution in [3.63, 3.8) is 0 Å². The number of ether oxygens (including phenoxy) is 1. The number of carboxylic acids is 2. The number of rotatable bonds is 4. The molecule has 0 amide bonds. The number of allylic oxidation sites excluding steroid dienone is 2. The molecule has 3 rings (SSSR count). The molecule has 1 aromatic carbocycles. The molecule has 0 aromatic heterocycles. The summed E-state index contributed by atoms with van der Waals surface area (Å²) >= 11 is 0. The van der Waals surface area contributed by atoms with E-state index in [1.54, 1.807) is 6.92 Å². The summed E-state index contributed by atoms with van der Waals surface area (Å²) in [4.78, 5) is 23.4. The maximum Gasteiger partial charge on any atom is 0.356 e. The van der Waals surface area contributed by atoms with E-state index in [2.05, 4.69) is 0 Å². The Bertz CT molecular complexity index is 775. The van der Waals surface area contributed by atoms with Gasteiger partial charge in [-0.2, -0.15) is 0 Å². The molecule has 2 N–H and O–H groups in total. The van der Waals surface area contributed by atoms with E-state index in [0.29, 0.717) is 28.9 Å². The first-order chi connectivity index (χ1) is 10.8. The summed E-state index contributed by atoms with van der Waals surface area (Å²) in [5, 5.41) is 19.1. The van der Waals surface area contributed by atoms with E-state index >= 15 is 0 Å². The number of hydrogen-bond donors (Lipinski definition) is 2. The number of carboxylic acid groups (broad SMARTS) is 2. The van der Waals surface area contributed by atoms with Crippen molar-refractivity contribution in [1.29, 1.82) is 0 Å². The Morgan fingerprint density at radius 1 is 1.26 bits per heavy atom. The first-order valence-corrected chi connectivity index (χ1v) is 7.24. The van der Waals surface area contributed by atoms with Crippen LogP contribution in [0.15, 0.2) is 41.2 Å². The number of aliphatic carboxylic acids is 2. The van der Waals surface area contributed by atoms with E-state index < -0.39 is 29.3 Å². The third-order valence-corrected chi connectivity index (χ3v) is 4.48. The van der Waals surface area contributed by atoms with E-state index in [0.717, 1.165) is 0 Å². The van der Waals surface area contributed by atoms with Crippen LogP contribution in [0, 0.1) is 11.7 Å². The number of benzene rings is 1. The lowest BCUT2D eigenvalue weighted by Crippen LogP contribution is -2.37. The van der Waals surface area contributed by atoms with E-state index in [-0.39, 0.29) is 5.57 Å². The van der Waals surface area contributed by atoms with Crippen LogP contribution < -0.4 is 0 Å². The average Bonchev–Trinajstić information content (AvgIpc) is 3.25. The fraction of sp³-hybridized carbons (Fsp3) is 0.294. The smallest absolute Gasteiger partial charge is 0.356 e. The minimum Gasteiger partial charge on any atom is -0.478 e. The lowest BCUT2D eigenvalue weighted by molar-refractivity contribution is -0.145. The summed E-state index contributed by atoms with van der Waals surface area (Å²) in [6, 6.07) is 5.48. The van der Waals surface area contributed by atoms with Crippen LogP contribution in [-0.2, 0) is 14.3 Å². The highest BCUT2D eigenvalue weighted by Crippen LogP contribution is 2.58. The van der Waals surface area contributed by atoms with Gasteiger partial charge in [0, 0.05) is 11.5 Å². The fourth-order valence-electron chi connectivity index (χ4n) is 3.30. The second-order valence-corrected chi connectivity index (χ2v) is 5.63. The first kappa shape index (κ1) is 15.3. The van der Waals surface area contributed by atoms with Crippen molar-refractivity contribution in [2.24, 2.45) is 5.92 Å². The minimum absolute atomic E-state index is 0.0166. The van der Waals surface area contributed by atoms with E-state index in [9.17, 15) is 24.2 Å². The quantitative estimate of drug-likeness (QED) is 0.834. The lowest BCUT2D eigenvalue weighted by atomic mass is 9.74. The summed E-state index contributed by atoms with van der Waals surface area (Å²) in [6.45, 7) is 3.33. The number of halogens is 1.